The molecule has 0 spiro atoms. The Bertz CT molecular complexity index is 1250. The minimum Gasteiger partial charge on any atom is -0.489 e. The van der Waals surface area contributed by atoms with Crippen LogP contribution in [0.5, 0.6) is 11.5 Å². The zero-order valence-corrected chi connectivity index (χ0v) is 19.2. The summed E-state index contributed by atoms with van der Waals surface area (Å²) in [7, 11) is 0. The van der Waals surface area contributed by atoms with Gasteiger partial charge in [-0.15, -0.1) is 0 Å². The number of hydrogen-bond acceptors (Lipinski definition) is 2. The number of benzene rings is 3. The van der Waals surface area contributed by atoms with Gasteiger partial charge in [-0.1, -0.05) is 68.4 Å². The highest BCUT2D eigenvalue weighted by Crippen LogP contribution is 2.59. The smallest absolute Gasteiger partial charge is 0.386 e. The third kappa shape index (κ3) is 4.20. The van der Waals surface area contributed by atoms with E-state index in [1.165, 1.54) is 12.1 Å². The third-order valence-corrected chi connectivity index (χ3v) is 6.17. The van der Waals surface area contributed by atoms with Gasteiger partial charge in [-0.3, -0.25) is 0 Å². The Kier molecular flexibility index (Phi) is 6.31. The molecule has 0 heterocycles. The third-order valence-electron chi connectivity index (χ3n) is 6.17. The molecule has 0 saturated heterocycles. The SMILES string of the molecule is CC(C)(c1ccc(OCc2ccccc2)cc1)c1ccc(OC2=C(F)C(F)(F)C(F)(F)C2(F)F)cc1. The summed E-state index contributed by atoms with van der Waals surface area (Å²) in [6.07, 6.45) is 0. The van der Waals surface area contributed by atoms with Crippen molar-refractivity contribution < 1.29 is 40.2 Å². The van der Waals surface area contributed by atoms with Crippen molar-refractivity contribution in [2.75, 3.05) is 0 Å². The number of rotatable bonds is 7. The van der Waals surface area contributed by atoms with Crippen LogP contribution < -0.4 is 9.47 Å². The van der Waals surface area contributed by atoms with Crippen LogP contribution in [0.3, 0.4) is 0 Å². The molecule has 0 atom stereocenters. The van der Waals surface area contributed by atoms with E-state index in [0.717, 1.165) is 23.3 Å². The summed E-state index contributed by atoms with van der Waals surface area (Å²) in [5.74, 6) is -22.3. The molecule has 0 N–H and O–H groups in total. The molecule has 0 bridgehead atoms. The standard InChI is InChI=1S/C27H21F7O2/c1-24(2,18-8-12-20(13-9-18)35-16-17-6-4-3-5-7-17)19-10-14-21(15-11-19)36-23-22(28)25(29,30)27(33,34)26(23,31)32/h3-15H,16H2,1-2H3. The molecule has 3 aromatic rings. The Hall–Kier alpha value is -3.49. The molecule has 2 nitrogen and oxygen atoms in total. The van der Waals surface area contributed by atoms with Crippen LogP contribution in [0.25, 0.3) is 0 Å². The van der Waals surface area contributed by atoms with Crippen LogP contribution in [0.15, 0.2) is 90.4 Å². The molecule has 1 aliphatic carbocycles. The van der Waals surface area contributed by atoms with E-state index in [-0.39, 0.29) is 0 Å². The van der Waals surface area contributed by atoms with Crippen LogP contribution in [-0.2, 0) is 12.0 Å². The van der Waals surface area contributed by atoms with Gasteiger partial charge in [0.15, 0.2) is 0 Å². The van der Waals surface area contributed by atoms with E-state index in [1.807, 2.05) is 56.3 Å². The maximum absolute atomic E-state index is 13.8. The molecular weight excluding hydrogens is 489 g/mol. The van der Waals surface area contributed by atoms with Crippen molar-refractivity contribution in [3.63, 3.8) is 0 Å². The Morgan fingerprint density at radius 1 is 0.667 bits per heavy atom. The quantitative estimate of drug-likeness (QED) is 0.299. The summed E-state index contributed by atoms with van der Waals surface area (Å²) in [6.45, 7) is 4.17. The second-order valence-electron chi connectivity index (χ2n) is 8.92. The topological polar surface area (TPSA) is 18.5 Å². The van der Waals surface area contributed by atoms with Gasteiger partial charge in [0.2, 0.25) is 11.6 Å². The molecule has 190 valence electrons. The van der Waals surface area contributed by atoms with Gasteiger partial charge in [0.05, 0.1) is 0 Å². The minimum absolute atomic E-state index is 0.402. The highest BCUT2D eigenvalue weighted by Gasteiger charge is 2.82. The molecule has 0 aliphatic heterocycles. The van der Waals surface area contributed by atoms with Crippen molar-refractivity contribution in [2.45, 2.75) is 43.6 Å². The number of ether oxygens (including phenoxy) is 2. The minimum atomic E-state index is -5.95. The van der Waals surface area contributed by atoms with E-state index >= 15 is 0 Å². The molecule has 4 rings (SSSR count). The highest BCUT2D eigenvalue weighted by molar-refractivity contribution is 5.43. The van der Waals surface area contributed by atoms with Gasteiger partial charge in [-0.2, -0.15) is 26.3 Å². The van der Waals surface area contributed by atoms with E-state index in [2.05, 4.69) is 4.74 Å². The van der Waals surface area contributed by atoms with Crippen LogP contribution in [0.1, 0.15) is 30.5 Å². The van der Waals surface area contributed by atoms with Gasteiger partial charge in [0, 0.05) is 5.41 Å². The lowest BCUT2D eigenvalue weighted by molar-refractivity contribution is -0.272. The summed E-state index contributed by atoms with van der Waals surface area (Å²) >= 11 is 0. The van der Waals surface area contributed by atoms with Gasteiger partial charge in [0.1, 0.15) is 18.1 Å². The van der Waals surface area contributed by atoms with Crippen molar-refractivity contribution in [3.05, 3.63) is 107 Å². The zero-order chi connectivity index (χ0) is 26.4. The lowest BCUT2D eigenvalue weighted by Gasteiger charge is -2.27. The first-order valence-electron chi connectivity index (χ1n) is 10.9. The highest BCUT2D eigenvalue weighted by atomic mass is 19.3. The molecule has 0 radical (unpaired) electrons. The fourth-order valence-electron chi connectivity index (χ4n) is 3.80. The van der Waals surface area contributed by atoms with Crippen LogP contribution in [0.4, 0.5) is 30.7 Å². The average Bonchev–Trinajstić information content (AvgIpc) is 2.94. The van der Waals surface area contributed by atoms with E-state index in [9.17, 15) is 30.7 Å². The van der Waals surface area contributed by atoms with Crippen LogP contribution in [-0.4, -0.2) is 17.8 Å². The van der Waals surface area contributed by atoms with Crippen molar-refractivity contribution in [3.8, 4) is 11.5 Å². The van der Waals surface area contributed by atoms with E-state index in [4.69, 9.17) is 4.74 Å². The first-order valence-corrected chi connectivity index (χ1v) is 10.9. The fraction of sp³-hybridized carbons (Fsp3) is 0.259. The Labute approximate surface area is 203 Å². The Morgan fingerprint density at radius 3 is 1.64 bits per heavy atom. The fourth-order valence-corrected chi connectivity index (χ4v) is 3.80. The predicted octanol–water partition coefficient (Wildman–Crippen LogP) is 8.07. The van der Waals surface area contributed by atoms with Crippen molar-refractivity contribution in [1.29, 1.82) is 0 Å². The molecule has 1 aliphatic rings. The van der Waals surface area contributed by atoms with Gasteiger partial charge in [-0.05, 0) is 41.0 Å². The van der Waals surface area contributed by atoms with Gasteiger partial charge in [-0.25, -0.2) is 4.39 Å². The van der Waals surface area contributed by atoms with E-state index in [0.29, 0.717) is 17.9 Å². The lowest BCUT2D eigenvalue weighted by atomic mass is 9.78. The summed E-state index contributed by atoms with van der Waals surface area (Å²) in [6, 6.07) is 22.1. The van der Waals surface area contributed by atoms with Crippen molar-refractivity contribution in [1.82, 2.24) is 0 Å². The van der Waals surface area contributed by atoms with Crippen LogP contribution in [0, 0.1) is 0 Å². The van der Waals surface area contributed by atoms with E-state index in [1.54, 1.807) is 12.1 Å². The number of allylic oxidation sites excluding steroid dienone is 2. The summed E-state index contributed by atoms with van der Waals surface area (Å²) in [5, 5.41) is 0. The van der Waals surface area contributed by atoms with Crippen LogP contribution >= 0.6 is 0 Å². The second-order valence-corrected chi connectivity index (χ2v) is 8.92. The van der Waals surface area contributed by atoms with Crippen LogP contribution in [0.2, 0.25) is 0 Å². The predicted molar refractivity (Wildman–Crippen MR) is 119 cm³/mol. The molecular formula is C27H21F7O2. The number of halogens is 7. The molecule has 0 unspecified atom stereocenters. The number of hydrogen-bond donors (Lipinski definition) is 0. The molecule has 36 heavy (non-hydrogen) atoms. The molecule has 3 aromatic carbocycles. The number of alkyl halides is 6. The molecule has 0 aromatic heterocycles. The maximum atomic E-state index is 13.8. The first-order chi connectivity index (χ1) is 16.8. The van der Waals surface area contributed by atoms with Gasteiger partial charge >= 0.3 is 17.8 Å². The van der Waals surface area contributed by atoms with Crippen molar-refractivity contribution >= 4 is 0 Å². The Morgan fingerprint density at radius 2 is 1.17 bits per heavy atom. The summed E-state index contributed by atoms with van der Waals surface area (Å²) in [5.41, 5.74) is 1.97. The van der Waals surface area contributed by atoms with Crippen molar-refractivity contribution in [2.24, 2.45) is 0 Å². The lowest BCUT2D eigenvalue weighted by Crippen LogP contribution is -2.49. The average molecular weight is 510 g/mol. The summed E-state index contributed by atoms with van der Waals surface area (Å²) in [4.78, 5) is 0. The zero-order valence-electron chi connectivity index (χ0n) is 19.2. The molecule has 0 amide bonds. The van der Waals surface area contributed by atoms with E-state index < -0.39 is 40.5 Å². The first kappa shape index (κ1) is 25.6. The Balaban J connectivity index is 1.48. The molecule has 0 fully saturated rings. The normalized spacial score (nSPS) is 18.2. The maximum Gasteiger partial charge on any atom is 0.386 e. The largest absolute Gasteiger partial charge is 0.489 e. The van der Waals surface area contributed by atoms with Gasteiger partial charge in [0.25, 0.3) is 0 Å². The summed E-state index contributed by atoms with van der Waals surface area (Å²) < 4.78 is 105. The second kappa shape index (κ2) is 8.87. The molecule has 9 heteroatoms. The molecule has 0 saturated carbocycles. The van der Waals surface area contributed by atoms with Gasteiger partial charge < -0.3 is 9.47 Å². The monoisotopic (exact) mass is 510 g/mol.